The van der Waals surface area contributed by atoms with Gasteiger partial charge in [-0.05, 0) is 34.5 Å². The van der Waals surface area contributed by atoms with E-state index in [0.717, 1.165) is 6.29 Å². The van der Waals surface area contributed by atoms with E-state index in [9.17, 15) is 4.79 Å². The van der Waals surface area contributed by atoms with Gasteiger partial charge in [0.15, 0.2) is 8.32 Å². The third-order valence-electron chi connectivity index (χ3n) is 5.08. The summed E-state index contributed by atoms with van der Waals surface area (Å²) < 4.78 is 6.36. The van der Waals surface area contributed by atoms with E-state index in [1.54, 1.807) is 0 Å². The molecule has 0 heterocycles. The Bertz CT molecular complexity index is 671. The van der Waals surface area contributed by atoms with Crippen molar-refractivity contribution in [3.8, 4) is 0 Å². The number of hydrogen-bond acceptors (Lipinski definition) is 2. The highest BCUT2D eigenvalue weighted by Gasteiger charge is 2.37. The van der Waals surface area contributed by atoms with Crippen LogP contribution in [0.15, 0.2) is 42.5 Å². The van der Waals surface area contributed by atoms with Gasteiger partial charge in [0.05, 0.1) is 0 Å². The summed E-state index contributed by atoms with van der Waals surface area (Å²) in [6.45, 7) is 11.8. The molecule has 2 rings (SSSR count). The summed E-state index contributed by atoms with van der Waals surface area (Å²) in [6.07, 6.45) is 1.52. The van der Waals surface area contributed by atoms with Crippen molar-refractivity contribution >= 4 is 25.4 Å². The molecule has 0 aliphatic rings. The van der Waals surface area contributed by atoms with Crippen molar-refractivity contribution in [2.45, 2.75) is 51.2 Å². The third kappa shape index (κ3) is 4.30. The lowest BCUT2D eigenvalue weighted by Crippen LogP contribution is -2.41. The van der Waals surface area contributed by atoms with Gasteiger partial charge in [-0.1, -0.05) is 63.2 Å². The van der Waals surface area contributed by atoms with Crippen LogP contribution < -0.4 is 0 Å². The molecule has 0 aliphatic heterocycles. The highest BCUT2D eigenvalue weighted by Crippen LogP contribution is 2.37. The minimum atomic E-state index is -1.80. The Morgan fingerprint density at radius 3 is 2.35 bits per heavy atom. The Morgan fingerprint density at radius 2 is 1.74 bits per heavy atom. The normalized spacial score (nSPS) is 14.0. The zero-order valence-corrected chi connectivity index (χ0v) is 15.9. The van der Waals surface area contributed by atoms with Gasteiger partial charge in [-0.15, -0.1) is 0 Å². The molecule has 3 heteroatoms. The van der Waals surface area contributed by atoms with Gasteiger partial charge >= 0.3 is 0 Å². The first-order chi connectivity index (χ1) is 10.7. The molecule has 0 aliphatic carbocycles. The molecule has 23 heavy (non-hydrogen) atoms. The summed E-state index contributed by atoms with van der Waals surface area (Å²) in [7, 11) is -1.80. The Hall–Kier alpha value is -1.45. The van der Waals surface area contributed by atoms with Gasteiger partial charge in [-0.25, -0.2) is 0 Å². The molecule has 0 saturated heterocycles. The van der Waals surface area contributed by atoms with Crippen molar-refractivity contribution < 1.29 is 9.22 Å². The molecular weight excluding hydrogens is 300 g/mol. The molecule has 0 aromatic heterocycles. The molecule has 1 unspecified atom stereocenters. The molecule has 2 aromatic carbocycles. The molecule has 0 bridgehead atoms. The van der Waals surface area contributed by atoms with Gasteiger partial charge in [0.1, 0.15) is 6.29 Å². The first kappa shape index (κ1) is 17.9. The van der Waals surface area contributed by atoms with Crippen LogP contribution in [0.4, 0.5) is 0 Å². The van der Waals surface area contributed by atoms with E-state index in [0.29, 0.717) is 13.0 Å². The largest absolute Gasteiger partial charge is 0.416 e. The molecule has 124 valence electrons. The van der Waals surface area contributed by atoms with Gasteiger partial charge in [-0.2, -0.15) is 0 Å². The summed E-state index contributed by atoms with van der Waals surface area (Å²) in [5.74, 6) is 0.131. The van der Waals surface area contributed by atoms with E-state index in [1.165, 1.54) is 16.3 Å². The number of benzene rings is 2. The van der Waals surface area contributed by atoms with Gasteiger partial charge in [0, 0.05) is 18.9 Å². The quantitative estimate of drug-likeness (QED) is 0.514. The summed E-state index contributed by atoms with van der Waals surface area (Å²) >= 11 is 0. The van der Waals surface area contributed by atoms with Crippen LogP contribution in [-0.4, -0.2) is 21.2 Å². The Morgan fingerprint density at radius 1 is 1.09 bits per heavy atom. The van der Waals surface area contributed by atoms with E-state index >= 15 is 0 Å². The summed E-state index contributed by atoms with van der Waals surface area (Å²) in [5.41, 5.74) is 1.19. The van der Waals surface area contributed by atoms with Gasteiger partial charge in [0.2, 0.25) is 0 Å². The van der Waals surface area contributed by atoms with Crippen LogP contribution in [0.25, 0.3) is 10.8 Å². The van der Waals surface area contributed by atoms with Crippen LogP contribution in [-0.2, 0) is 9.22 Å². The van der Waals surface area contributed by atoms with Crippen LogP contribution in [0.1, 0.15) is 38.7 Å². The van der Waals surface area contributed by atoms with E-state index in [-0.39, 0.29) is 11.0 Å². The van der Waals surface area contributed by atoms with Crippen molar-refractivity contribution in [1.82, 2.24) is 0 Å². The third-order valence-corrected chi connectivity index (χ3v) is 9.58. The predicted molar refractivity (Wildman–Crippen MR) is 101 cm³/mol. The molecule has 2 nitrogen and oxygen atoms in total. The lowest BCUT2D eigenvalue weighted by Gasteiger charge is -2.37. The van der Waals surface area contributed by atoms with Crippen LogP contribution in [0.5, 0.6) is 0 Å². The molecule has 0 saturated carbocycles. The Kier molecular flexibility index (Phi) is 5.43. The maximum atomic E-state index is 11.1. The maximum Gasteiger partial charge on any atom is 0.192 e. The first-order valence-electron chi connectivity index (χ1n) is 8.31. The lowest BCUT2D eigenvalue weighted by atomic mass is 9.95. The van der Waals surface area contributed by atoms with Crippen LogP contribution in [0, 0.1) is 0 Å². The molecule has 1 atom stereocenters. The Balaban J connectivity index is 2.21. The second-order valence-corrected chi connectivity index (χ2v) is 12.6. The highest BCUT2D eigenvalue weighted by molar-refractivity contribution is 6.74. The molecule has 0 radical (unpaired) electrons. The smallest absolute Gasteiger partial charge is 0.192 e. The first-order valence-corrected chi connectivity index (χ1v) is 11.2. The molecular formula is C20H28O2Si. The SMILES string of the molecule is CC(C)(C)[Si](C)(C)OCC(CC=O)c1ccc2ccccc2c1. The average Bonchev–Trinajstić information content (AvgIpc) is 2.50. The van der Waals surface area contributed by atoms with Crippen molar-refractivity contribution in [2.24, 2.45) is 0 Å². The summed E-state index contributed by atoms with van der Waals surface area (Å²) in [5, 5.41) is 2.63. The lowest BCUT2D eigenvalue weighted by molar-refractivity contribution is -0.108. The van der Waals surface area contributed by atoms with Crippen molar-refractivity contribution in [3.63, 3.8) is 0 Å². The number of rotatable bonds is 6. The fraction of sp³-hybridized carbons (Fsp3) is 0.450. The standard InChI is InChI=1S/C20H28O2Si/c1-20(2,3)23(4,5)22-15-19(12-13-21)18-11-10-16-8-6-7-9-17(16)14-18/h6-11,13-14,19H,12,15H2,1-5H3. The van der Waals surface area contributed by atoms with Gasteiger partial charge in [0.25, 0.3) is 0 Å². The highest BCUT2D eigenvalue weighted by atomic mass is 28.4. The van der Waals surface area contributed by atoms with Crippen LogP contribution in [0.2, 0.25) is 18.1 Å². The molecule has 0 fully saturated rings. The molecule has 0 N–H and O–H groups in total. The van der Waals surface area contributed by atoms with Gasteiger partial charge < -0.3 is 9.22 Å². The van der Waals surface area contributed by atoms with E-state index < -0.39 is 8.32 Å². The molecule has 0 spiro atoms. The number of fused-ring (bicyclic) bond motifs is 1. The van der Waals surface area contributed by atoms with Crippen molar-refractivity contribution in [2.75, 3.05) is 6.61 Å². The van der Waals surface area contributed by atoms with Crippen LogP contribution in [0.3, 0.4) is 0 Å². The maximum absolute atomic E-state index is 11.1. The second-order valence-electron chi connectivity index (χ2n) is 7.78. The second kappa shape index (κ2) is 6.98. The van der Waals surface area contributed by atoms with E-state index in [1.807, 2.05) is 12.1 Å². The van der Waals surface area contributed by atoms with Crippen molar-refractivity contribution in [3.05, 3.63) is 48.0 Å². The number of carbonyl (C=O) groups excluding carboxylic acids is 1. The van der Waals surface area contributed by atoms with E-state index in [4.69, 9.17) is 4.43 Å². The number of carbonyl (C=O) groups is 1. The topological polar surface area (TPSA) is 26.3 Å². The number of hydrogen-bond donors (Lipinski definition) is 0. The van der Waals surface area contributed by atoms with E-state index in [2.05, 4.69) is 64.2 Å². The summed E-state index contributed by atoms with van der Waals surface area (Å²) in [6, 6.07) is 14.8. The fourth-order valence-electron chi connectivity index (χ4n) is 2.40. The van der Waals surface area contributed by atoms with Gasteiger partial charge in [-0.3, -0.25) is 0 Å². The Labute approximate surface area is 141 Å². The minimum Gasteiger partial charge on any atom is -0.416 e. The molecule has 0 amide bonds. The monoisotopic (exact) mass is 328 g/mol. The summed E-state index contributed by atoms with van der Waals surface area (Å²) in [4.78, 5) is 11.1. The zero-order chi connectivity index (χ0) is 17.1. The average molecular weight is 329 g/mol. The molecule has 2 aromatic rings. The van der Waals surface area contributed by atoms with Crippen molar-refractivity contribution in [1.29, 1.82) is 0 Å². The zero-order valence-electron chi connectivity index (χ0n) is 14.9. The fourth-order valence-corrected chi connectivity index (χ4v) is 3.45. The predicted octanol–water partition coefficient (Wildman–Crippen LogP) is 5.53. The number of aldehydes is 1. The van der Waals surface area contributed by atoms with Crippen LogP contribution >= 0.6 is 0 Å². The minimum absolute atomic E-state index is 0.131.